The van der Waals surface area contributed by atoms with Crippen LogP contribution in [0, 0.1) is 17.2 Å². The second-order valence-corrected chi connectivity index (χ2v) is 4.27. The van der Waals surface area contributed by atoms with Crippen LogP contribution < -0.4 is 10.6 Å². The molecule has 0 aliphatic carbocycles. The van der Waals surface area contributed by atoms with E-state index in [-0.39, 0.29) is 11.8 Å². The van der Waals surface area contributed by atoms with Gasteiger partial charge in [-0.1, -0.05) is 18.2 Å². The highest BCUT2D eigenvalue weighted by Gasteiger charge is 2.30. The molecule has 4 heteroatoms. The highest BCUT2D eigenvalue weighted by atomic mass is 16.2. The first-order chi connectivity index (χ1) is 8.26. The zero-order chi connectivity index (χ0) is 12.3. The van der Waals surface area contributed by atoms with Crippen molar-refractivity contribution in [1.29, 1.82) is 5.26 Å². The third-order valence-electron chi connectivity index (χ3n) is 3.09. The fraction of sp³-hybridized carbons (Fsp3) is 0.385. The van der Waals surface area contributed by atoms with Crippen molar-refractivity contribution < 1.29 is 4.79 Å². The Bertz CT molecular complexity index is 464. The summed E-state index contributed by atoms with van der Waals surface area (Å²) in [5, 5.41) is 8.78. The zero-order valence-corrected chi connectivity index (χ0v) is 9.60. The molecule has 0 bridgehead atoms. The Morgan fingerprint density at radius 1 is 1.47 bits per heavy atom. The lowest BCUT2D eigenvalue weighted by atomic mass is 10.1. The van der Waals surface area contributed by atoms with Gasteiger partial charge in [-0.3, -0.25) is 4.79 Å². The lowest BCUT2D eigenvalue weighted by Gasteiger charge is -2.19. The molecule has 2 N–H and O–H groups in total. The number of nitriles is 1. The predicted octanol–water partition coefficient (Wildman–Crippen LogP) is 1.06. The van der Waals surface area contributed by atoms with E-state index >= 15 is 0 Å². The number of carbonyl (C=O) groups excluding carboxylic acids is 1. The van der Waals surface area contributed by atoms with Gasteiger partial charge in [-0.25, -0.2) is 0 Å². The Balaban J connectivity index is 2.28. The van der Waals surface area contributed by atoms with Crippen molar-refractivity contribution in [2.45, 2.75) is 12.8 Å². The second kappa shape index (κ2) is 4.98. The van der Waals surface area contributed by atoms with Crippen molar-refractivity contribution in [2.75, 3.05) is 18.0 Å². The number of benzene rings is 1. The van der Waals surface area contributed by atoms with Gasteiger partial charge < -0.3 is 10.6 Å². The van der Waals surface area contributed by atoms with Gasteiger partial charge in [-0.05, 0) is 24.1 Å². The first-order valence-corrected chi connectivity index (χ1v) is 5.71. The number of carbonyl (C=O) groups is 1. The molecule has 1 heterocycles. The molecule has 1 aromatic rings. The van der Waals surface area contributed by atoms with Crippen molar-refractivity contribution in [1.82, 2.24) is 0 Å². The van der Waals surface area contributed by atoms with Gasteiger partial charge in [-0.2, -0.15) is 5.26 Å². The fourth-order valence-electron chi connectivity index (χ4n) is 2.18. The Morgan fingerprint density at radius 3 is 2.88 bits per heavy atom. The van der Waals surface area contributed by atoms with Crippen LogP contribution in [0.15, 0.2) is 24.3 Å². The minimum atomic E-state index is 0.103. The minimum absolute atomic E-state index is 0.103. The molecule has 1 amide bonds. The van der Waals surface area contributed by atoms with E-state index in [2.05, 4.69) is 6.07 Å². The largest absolute Gasteiger partial charge is 0.330 e. The van der Waals surface area contributed by atoms with Gasteiger partial charge >= 0.3 is 0 Å². The van der Waals surface area contributed by atoms with E-state index in [9.17, 15) is 4.79 Å². The summed E-state index contributed by atoms with van der Waals surface area (Å²) < 4.78 is 0. The number of rotatable bonds is 3. The summed E-state index contributed by atoms with van der Waals surface area (Å²) in [5.74, 6) is 0.337. The monoisotopic (exact) mass is 229 g/mol. The van der Waals surface area contributed by atoms with Gasteiger partial charge in [0.05, 0.1) is 12.5 Å². The predicted molar refractivity (Wildman–Crippen MR) is 65.3 cm³/mol. The zero-order valence-electron chi connectivity index (χ0n) is 9.60. The lowest BCUT2D eigenvalue weighted by molar-refractivity contribution is -0.117. The highest BCUT2D eigenvalue weighted by Crippen LogP contribution is 2.27. The lowest BCUT2D eigenvalue weighted by Crippen LogP contribution is -2.26. The van der Waals surface area contributed by atoms with E-state index in [0.29, 0.717) is 25.9 Å². The summed E-state index contributed by atoms with van der Waals surface area (Å²) in [6.45, 7) is 1.19. The fourth-order valence-corrected chi connectivity index (χ4v) is 2.18. The SMILES string of the molecule is N#CCc1ccccc1N1CC(CN)CC1=O. The second-order valence-electron chi connectivity index (χ2n) is 4.27. The standard InChI is InChI=1S/C13H15N3O/c14-6-5-11-3-1-2-4-12(11)16-9-10(8-15)7-13(16)17/h1-4,10H,5,7-9,15H2. The normalized spacial score (nSPS) is 19.4. The third kappa shape index (κ3) is 2.29. The molecule has 1 aliphatic heterocycles. The first kappa shape index (κ1) is 11.6. The molecule has 1 saturated heterocycles. The van der Waals surface area contributed by atoms with E-state index in [1.165, 1.54) is 0 Å². The molecule has 1 atom stereocenters. The molecule has 1 aliphatic rings. The quantitative estimate of drug-likeness (QED) is 0.842. The molecule has 17 heavy (non-hydrogen) atoms. The van der Waals surface area contributed by atoms with E-state index in [1.807, 2.05) is 24.3 Å². The van der Waals surface area contributed by atoms with Crippen molar-refractivity contribution in [2.24, 2.45) is 11.7 Å². The summed E-state index contributed by atoms with van der Waals surface area (Å²) in [4.78, 5) is 13.6. The molecule has 0 saturated carbocycles. The topological polar surface area (TPSA) is 70.1 Å². The van der Waals surface area contributed by atoms with Crippen molar-refractivity contribution in [3.05, 3.63) is 29.8 Å². The Labute approximate surface area is 101 Å². The molecule has 1 fully saturated rings. The molecule has 1 unspecified atom stereocenters. The summed E-state index contributed by atoms with van der Waals surface area (Å²) in [6, 6.07) is 9.68. The van der Waals surface area contributed by atoms with E-state index in [0.717, 1.165) is 11.3 Å². The summed E-state index contributed by atoms with van der Waals surface area (Å²) in [5.41, 5.74) is 7.36. The minimum Gasteiger partial charge on any atom is -0.330 e. The average molecular weight is 229 g/mol. The van der Waals surface area contributed by atoms with Crippen LogP contribution in [0.4, 0.5) is 5.69 Å². The number of hydrogen-bond acceptors (Lipinski definition) is 3. The number of hydrogen-bond donors (Lipinski definition) is 1. The Hall–Kier alpha value is -1.86. The number of nitrogens with two attached hydrogens (primary N) is 1. The molecular formula is C13H15N3O. The van der Waals surface area contributed by atoms with Gasteiger partial charge in [0, 0.05) is 18.7 Å². The van der Waals surface area contributed by atoms with Crippen LogP contribution in [0.1, 0.15) is 12.0 Å². The Kier molecular flexibility index (Phi) is 3.40. The van der Waals surface area contributed by atoms with Crippen LogP contribution in [-0.4, -0.2) is 19.0 Å². The maximum atomic E-state index is 11.9. The van der Waals surface area contributed by atoms with Crippen LogP contribution in [-0.2, 0) is 11.2 Å². The summed E-state index contributed by atoms with van der Waals surface area (Å²) in [7, 11) is 0. The molecular weight excluding hydrogens is 214 g/mol. The molecule has 0 radical (unpaired) electrons. The van der Waals surface area contributed by atoms with Gasteiger partial charge in [0.25, 0.3) is 0 Å². The molecule has 0 aromatic heterocycles. The van der Waals surface area contributed by atoms with Crippen LogP contribution in [0.3, 0.4) is 0 Å². The molecule has 1 aromatic carbocycles. The number of para-hydroxylation sites is 1. The van der Waals surface area contributed by atoms with Crippen LogP contribution >= 0.6 is 0 Å². The van der Waals surface area contributed by atoms with E-state index < -0.39 is 0 Å². The first-order valence-electron chi connectivity index (χ1n) is 5.71. The number of nitrogens with zero attached hydrogens (tertiary/aromatic N) is 2. The number of amides is 1. The average Bonchev–Trinajstić information content (AvgIpc) is 2.72. The maximum absolute atomic E-state index is 11.9. The molecule has 2 rings (SSSR count). The highest BCUT2D eigenvalue weighted by molar-refractivity contribution is 5.96. The van der Waals surface area contributed by atoms with Crippen molar-refractivity contribution in [3.63, 3.8) is 0 Å². The molecule has 88 valence electrons. The Morgan fingerprint density at radius 2 is 2.24 bits per heavy atom. The third-order valence-corrected chi connectivity index (χ3v) is 3.09. The van der Waals surface area contributed by atoms with Crippen LogP contribution in [0.2, 0.25) is 0 Å². The van der Waals surface area contributed by atoms with Crippen molar-refractivity contribution >= 4 is 11.6 Å². The van der Waals surface area contributed by atoms with Gasteiger partial charge in [0.2, 0.25) is 5.91 Å². The maximum Gasteiger partial charge on any atom is 0.227 e. The smallest absolute Gasteiger partial charge is 0.227 e. The molecule has 4 nitrogen and oxygen atoms in total. The van der Waals surface area contributed by atoms with E-state index in [1.54, 1.807) is 4.90 Å². The molecule has 0 spiro atoms. The van der Waals surface area contributed by atoms with Crippen molar-refractivity contribution in [3.8, 4) is 6.07 Å². The van der Waals surface area contributed by atoms with Gasteiger partial charge in [0.1, 0.15) is 0 Å². The van der Waals surface area contributed by atoms with Crippen LogP contribution in [0.5, 0.6) is 0 Å². The number of anilines is 1. The van der Waals surface area contributed by atoms with E-state index in [4.69, 9.17) is 11.0 Å². The summed E-state index contributed by atoms with van der Waals surface area (Å²) >= 11 is 0. The van der Waals surface area contributed by atoms with Gasteiger partial charge in [0.15, 0.2) is 0 Å². The van der Waals surface area contributed by atoms with Crippen LogP contribution in [0.25, 0.3) is 0 Å². The summed E-state index contributed by atoms with van der Waals surface area (Å²) in [6.07, 6.45) is 0.838. The van der Waals surface area contributed by atoms with Gasteiger partial charge in [-0.15, -0.1) is 0 Å².